The van der Waals surface area contributed by atoms with E-state index in [2.05, 4.69) is 15.9 Å². The Morgan fingerprint density at radius 2 is 2.11 bits per heavy atom. The zero-order valence-electron chi connectivity index (χ0n) is 9.48. The fraction of sp³-hybridized carbons (Fsp3) is 0.0833. The number of aromatic nitrogens is 1. The Labute approximate surface area is 111 Å². The van der Waals surface area contributed by atoms with Crippen LogP contribution in [0.3, 0.4) is 0 Å². The summed E-state index contributed by atoms with van der Waals surface area (Å²) >= 11 is 3.14. The molecule has 0 atom stereocenters. The summed E-state index contributed by atoms with van der Waals surface area (Å²) in [6.45, 7) is 0. The lowest BCUT2D eigenvalue weighted by molar-refractivity contribution is 0.408. The van der Waals surface area contributed by atoms with E-state index < -0.39 is 11.4 Å². The molecule has 0 amide bonds. The highest BCUT2D eigenvalue weighted by Gasteiger charge is 2.14. The van der Waals surface area contributed by atoms with Crippen molar-refractivity contribution in [3.8, 4) is 11.4 Å². The fourth-order valence-corrected chi connectivity index (χ4v) is 1.89. The molecule has 1 aromatic carbocycles. The zero-order chi connectivity index (χ0) is 13.3. The number of halogens is 2. The highest BCUT2D eigenvalue weighted by molar-refractivity contribution is 9.10. The summed E-state index contributed by atoms with van der Waals surface area (Å²) in [5.41, 5.74) is 5.17. The SMILES string of the molecule is COc1cccc(F)c1-n1ccc(Br)c(N)c1=O. The number of pyridine rings is 1. The van der Waals surface area contributed by atoms with Crippen molar-refractivity contribution in [2.75, 3.05) is 12.8 Å². The lowest BCUT2D eigenvalue weighted by Gasteiger charge is -2.12. The topological polar surface area (TPSA) is 57.2 Å². The number of anilines is 1. The van der Waals surface area contributed by atoms with Gasteiger partial charge in [-0.15, -0.1) is 0 Å². The van der Waals surface area contributed by atoms with Crippen molar-refractivity contribution < 1.29 is 9.13 Å². The van der Waals surface area contributed by atoms with Crippen molar-refractivity contribution in [3.63, 3.8) is 0 Å². The normalized spacial score (nSPS) is 10.4. The van der Waals surface area contributed by atoms with Crippen LogP contribution in [-0.4, -0.2) is 11.7 Å². The molecule has 0 saturated heterocycles. The molecular formula is C12H10BrFN2O2. The van der Waals surface area contributed by atoms with Gasteiger partial charge in [-0.2, -0.15) is 0 Å². The highest BCUT2D eigenvalue weighted by atomic mass is 79.9. The van der Waals surface area contributed by atoms with Gasteiger partial charge in [0.05, 0.1) is 7.11 Å². The van der Waals surface area contributed by atoms with Crippen LogP contribution >= 0.6 is 15.9 Å². The molecule has 0 aliphatic rings. The lowest BCUT2D eigenvalue weighted by atomic mass is 10.2. The lowest BCUT2D eigenvalue weighted by Crippen LogP contribution is -2.22. The van der Waals surface area contributed by atoms with Crippen molar-refractivity contribution in [2.45, 2.75) is 0 Å². The van der Waals surface area contributed by atoms with Crippen molar-refractivity contribution in [1.82, 2.24) is 4.57 Å². The molecule has 0 saturated carbocycles. The molecule has 0 fully saturated rings. The van der Waals surface area contributed by atoms with Crippen LogP contribution in [0.15, 0.2) is 39.7 Å². The van der Waals surface area contributed by atoms with E-state index in [4.69, 9.17) is 10.5 Å². The molecule has 0 aliphatic heterocycles. The van der Waals surface area contributed by atoms with E-state index in [-0.39, 0.29) is 17.1 Å². The maximum atomic E-state index is 13.8. The smallest absolute Gasteiger partial charge is 0.279 e. The van der Waals surface area contributed by atoms with Crippen molar-refractivity contribution in [3.05, 3.63) is 51.1 Å². The number of hydrogen-bond acceptors (Lipinski definition) is 3. The van der Waals surface area contributed by atoms with Crippen LogP contribution in [0.2, 0.25) is 0 Å². The average molecular weight is 313 g/mol. The van der Waals surface area contributed by atoms with Crippen LogP contribution in [0.1, 0.15) is 0 Å². The number of nitrogens with two attached hydrogens (primary N) is 1. The van der Waals surface area contributed by atoms with Gasteiger partial charge in [-0.05, 0) is 34.1 Å². The average Bonchev–Trinajstić information content (AvgIpc) is 2.37. The van der Waals surface area contributed by atoms with Gasteiger partial charge in [0.15, 0.2) is 5.82 Å². The number of rotatable bonds is 2. The first-order chi connectivity index (χ1) is 8.56. The molecule has 2 aromatic rings. The number of benzene rings is 1. The number of methoxy groups -OCH3 is 1. The summed E-state index contributed by atoms with van der Waals surface area (Å²) in [5.74, 6) is -0.294. The minimum absolute atomic E-state index is 0.0165. The van der Waals surface area contributed by atoms with Crippen LogP contribution in [0.25, 0.3) is 5.69 Å². The van der Waals surface area contributed by atoms with Gasteiger partial charge >= 0.3 is 0 Å². The molecule has 0 bridgehead atoms. The van der Waals surface area contributed by atoms with Crippen LogP contribution in [0.5, 0.6) is 5.75 Å². The Morgan fingerprint density at radius 1 is 1.39 bits per heavy atom. The molecule has 0 unspecified atom stereocenters. The van der Waals surface area contributed by atoms with Gasteiger partial charge in [0.25, 0.3) is 5.56 Å². The minimum atomic E-state index is -0.557. The van der Waals surface area contributed by atoms with E-state index in [0.29, 0.717) is 4.47 Å². The van der Waals surface area contributed by atoms with Crippen LogP contribution in [0.4, 0.5) is 10.1 Å². The van der Waals surface area contributed by atoms with Gasteiger partial charge in [-0.3, -0.25) is 9.36 Å². The largest absolute Gasteiger partial charge is 0.494 e. The predicted octanol–water partition coefficient (Wildman–Crippen LogP) is 2.33. The first kappa shape index (κ1) is 12.6. The first-order valence-electron chi connectivity index (χ1n) is 5.05. The summed E-state index contributed by atoms with van der Waals surface area (Å²) in [4.78, 5) is 12.0. The van der Waals surface area contributed by atoms with Gasteiger partial charge < -0.3 is 10.5 Å². The van der Waals surface area contributed by atoms with Gasteiger partial charge in [0.2, 0.25) is 0 Å². The second-order valence-corrected chi connectivity index (χ2v) is 4.40. The summed E-state index contributed by atoms with van der Waals surface area (Å²) in [6, 6.07) is 5.90. The standard InChI is InChI=1S/C12H10BrFN2O2/c1-18-9-4-2-3-8(14)11(9)16-6-5-7(13)10(15)12(16)17/h2-6H,15H2,1H3. The summed E-state index contributed by atoms with van der Waals surface area (Å²) in [5, 5.41) is 0. The second-order valence-electron chi connectivity index (χ2n) is 3.54. The van der Waals surface area contributed by atoms with Crippen molar-refractivity contribution >= 4 is 21.6 Å². The van der Waals surface area contributed by atoms with Crippen LogP contribution < -0.4 is 16.0 Å². The number of ether oxygens (including phenoxy) is 1. The molecule has 6 heteroatoms. The third-order valence-electron chi connectivity index (χ3n) is 2.49. The van der Waals surface area contributed by atoms with E-state index in [0.717, 1.165) is 4.57 Å². The maximum Gasteiger partial charge on any atom is 0.279 e. The summed E-state index contributed by atoms with van der Waals surface area (Å²) < 4.78 is 20.5. The third kappa shape index (κ3) is 1.99. The molecule has 0 spiro atoms. The first-order valence-corrected chi connectivity index (χ1v) is 5.85. The van der Waals surface area contributed by atoms with E-state index in [9.17, 15) is 9.18 Å². The molecule has 2 rings (SSSR count). The number of para-hydroxylation sites is 1. The molecule has 0 radical (unpaired) electrons. The van der Waals surface area contributed by atoms with Crippen molar-refractivity contribution in [2.24, 2.45) is 0 Å². The van der Waals surface area contributed by atoms with E-state index in [1.165, 1.54) is 25.4 Å². The molecular weight excluding hydrogens is 303 g/mol. The van der Waals surface area contributed by atoms with Crippen molar-refractivity contribution in [1.29, 1.82) is 0 Å². The molecule has 1 aromatic heterocycles. The maximum absolute atomic E-state index is 13.8. The number of nitrogen functional groups attached to an aromatic ring is 1. The Morgan fingerprint density at radius 3 is 2.78 bits per heavy atom. The molecule has 2 N–H and O–H groups in total. The number of hydrogen-bond donors (Lipinski definition) is 1. The van der Waals surface area contributed by atoms with Gasteiger partial charge in [-0.1, -0.05) is 6.07 Å². The van der Waals surface area contributed by atoms with Gasteiger partial charge in [-0.25, -0.2) is 4.39 Å². The predicted molar refractivity (Wildman–Crippen MR) is 70.7 cm³/mol. The minimum Gasteiger partial charge on any atom is -0.494 e. The molecule has 94 valence electrons. The Bertz CT molecular complexity index is 655. The zero-order valence-corrected chi connectivity index (χ0v) is 11.1. The monoisotopic (exact) mass is 312 g/mol. The Hall–Kier alpha value is -1.82. The van der Waals surface area contributed by atoms with E-state index >= 15 is 0 Å². The fourth-order valence-electron chi connectivity index (χ4n) is 1.60. The van der Waals surface area contributed by atoms with Gasteiger partial charge in [0, 0.05) is 10.7 Å². The van der Waals surface area contributed by atoms with Crippen LogP contribution in [-0.2, 0) is 0 Å². The summed E-state index contributed by atoms with van der Waals surface area (Å²) in [6.07, 6.45) is 1.43. The van der Waals surface area contributed by atoms with E-state index in [1.807, 2.05) is 0 Å². The Balaban J connectivity index is 2.78. The molecule has 0 aliphatic carbocycles. The second kappa shape index (κ2) is 4.81. The quantitative estimate of drug-likeness (QED) is 0.926. The molecule has 18 heavy (non-hydrogen) atoms. The van der Waals surface area contributed by atoms with Gasteiger partial charge in [0.1, 0.15) is 17.1 Å². The molecule has 1 heterocycles. The Kier molecular flexibility index (Phi) is 3.38. The highest BCUT2D eigenvalue weighted by Crippen LogP contribution is 2.25. The van der Waals surface area contributed by atoms with E-state index in [1.54, 1.807) is 12.1 Å². The third-order valence-corrected chi connectivity index (χ3v) is 3.18. The molecule has 4 nitrogen and oxygen atoms in total. The van der Waals surface area contributed by atoms with Crippen LogP contribution in [0, 0.1) is 5.82 Å². The number of nitrogens with zero attached hydrogens (tertiary/aromatic N) is 1. The summed E-state index contributed by atoms with van der Waals surface area (Å²) in [7, 11) is 1.41.